The normalized spacial score (nSPS) is 15.6. The van der Waals surface area contributed by atoms with Crippen molar-refractivity contribution in [1.29, 1.82) is 0 Å². The monoisotopic (exact) mass is 432 g/mol. The number of carbonyl (C=O) groups excluding carboxylic acids is 1. The lowest BCUT2D eigenvalue weighted by molar-refractivity contribution is -0.126. The van der Waals surface area contributed by atoms with Crippen molar-refractivity contribution >= 4 is 40.0 Å². The van der Waals surface area contributed by atoms with E-state index in [1.165, 1.54) is 6.08 Å². The quantitative estimate of drug-likeness (QED) is 0.594. The number of pyridine rings is 2. The van der Waals surface area contributed by atoms with Crippen LogP contribution in [-0.2, 0) is 4.79 Å². The maximum absolute atomic E-state index is 12.4. The number of nitrogens with one attached hydrogen (secondary N) is 1. The minimum Gasteiger partial charge on any atom is -0.376 e. The number of hydrogen-bond acceptors (Lipinski definition) is 8. The van der Waals surface area contributed by atoms with Crippen molar-refractivity contribution in [2.75, 3.05) is 49.9 Å². The highest BCUT2D eigenvalue weighted by atomic mass is 16.2. The molecule has 1 unspecified atom stereocenters. The van der Waals surface area contributed by atoms with E-state index >= 15 is 0 Å². The molecule has 1 amide bonds. The Hall–Kier alpha value is -3.75. The average molecular weight is 433 g/mol. The minimum atomic E-state index is -0.0890. The van der Waals surface area contributed by atoms with Crippen molar-refractivity contribution in [2.24, 2.45) is 0 Å². The van der Waals surface area contributed by atoms with Gasteiger partial charge in [-0.3, -0.25) is 9.78 Å². The molecular weight excluding hydrogens is 404 g/mol. The Bertz CT molecular complexity index is 1160. The first-order valence-corrected chi connectivity index (χ1v) is 10.6. The lowest BCUT2D eigenvalue weighted by atomic mass is 10.0. The van der Waals surface area contributed by atoms with Crippen LogP contribution in [0.1, 0.15) is 24.6 Å². The first kappa shape index (κ1) is 21.5. The molecule has 1 fully saturated rings. The molecule has 0 spiro atoms. The van der Waals surface area contributed by atoms with Crippen LogP contribution in [0.3, 0.4) is 0 Å². The van der Waals surface area contributed by atoms with Crippen LogP contribution >= 0.6 is 0 Å². The second-order valence-electron chi connectivity index (χ2n) is 8.19. The molecule has 9 heteroatoms. The molecule has 3 aromatic rings. The van der Waals surface area contributed by atoms with Crippen molar-refractivity contribution in [3.8, 4) is 0 Å². The number of rotatable bonds is 6. The highest BCUT2D eigenvalue weighted by Crippen LogP contribution is 2.38. The van der Waals surface area contributed by atoms with Gasteiger partial charge in [-0.25, -0.2) is 9.97 Å². The smallest absolute Gasteiger partial charge is 0.246 e. The topological polar surface area (TPSA) is 90.4 Å². The van der Waals surface area contributed by atoms with E-state index in [0.29, 0.717) is 24.1 Å². The number of fused-ring (bicyclic) bond motifs is 1. The second kappa shape index (κ2) is 8.78. The van der Waals surface area contributed by atoms with Crippen molar-refractivity contribution in [2.45, 2.75) is 18.9 Å². The molecule has 9 nitrogen and oxygen atoms in total. The zero-order valence-corrected chi connectivity index (χ0v) is 18.9. The van der Waals surface area contributed by atoms with Crippen LogP contribution in [0.4, 0.5) is 23.3 Å². The number of aromatic nitrogens is 4. The van der Waals surface area contributed by atoms with Crippen LogP contribution in [-0.4, -0.2) is 65.5 Å². The highest BCUT2D eigenvalue weighted by molar-refractivity contribution is 5.97. The second-order valence-corrected chi connectivity index (χ2v) is 8.19. The zero-order valence-electron chi connectivity index (χ0n) is 18.9. The largest absolute Gasteiger partial charge is 0.376 e. The summed E-state index contributed by atoms with van der Waals surface area (Å²) in [4.78, 5) is 36.3. The van der Waals surface area contributed by atoms with Crippen LogP contribution in [0.5, 0.6) is 0 Å². The van der Waals surface area contributed by atoms with Gasteiger partial charge in [0.15, 0.2) is 0 Å². The molecule has 4 heterocycles. The molecule has 1 N–H and O–H groups in total. The van der Waals surface area contributed by atoms with Crippen LogP contribution in [0.15, 0.2) is 43.4 Å². The molecule has 1 atom stereocenters. The summed E-state index contributed by atoms with van der Waals surface area (Å²) in [5.74, 6) is 1.85. The lowest BCUT2D eigenvalue weighted by Gasteiger charge is -2.25. The maximum atomic E-state index is 12.4. The van der Waals surface area contributed by atoms with Crippen molar-refractivity contribution in [1.82, 2.24) is 24.8 Å². The van der Waals surface area contributed by atoms with Gasteiger partial charge in [-0.1, -0.05) is 6.58 Å². The van der Waals surface area contributed by atoms with Crippen molar-refractivity contribution in [3.05, 3.63) is 49.1 Å². The first-order valence-electron chi connectivity index (χ1n) is 10.6. The fraction of sp³-hybridized carbons (Fsp3) is 0.348. The van der Waals surface area contributed by atoms with Crippen LogP contribution < -0.4 is 15.1 Å². The Morgan fingerprint density at radius 3 is 2.66 bits per heavy atom. The van der Waals surface area contributed by atoms with Gasteiger partial charge < -0.3 is 20.0 Å². The third-order valence-corrected chi connectivity index (χ3v) is 5.59. The van der Waals surface area contributed by atoms with Gasteiger partial charge in [0.1, 0.15) is 11.6 Å². The van der Waals surface area contributed by atoms with Crippen LogP contribution in [0, 0.1) is 0 Å². The number of nitrogens with zero attached hydrogens (tertiary/aromatic N) is 7. The highest BCUT2D eigenvalue weighted by Gasteiger charge is 2.31. The lowest BCUT2D eigenvalue weighted by Crippen LogP contribution is -2.29. The third-order valence-electron chi connectivity index (χ3n) is 5.59. The van der Waals surface area contributed by atoms with Gasteiger partial charge in [0.2, 0.25) is 11.9 Å². The van der Waals surface area contributed by atoms with Crippen molar-refractivity contribution < 1.29 is 4.79 Å². The summed E-state index contributed by atoms with van der Waals surface area (Å²) >= 11 is 0. The predicted molar refractivity (Wildman–Crippen MR) is 127 cm³/mol. The van der Waals surface area contributed by atoms with E-state index in [2.05, 4.69) is 26.8 Å². The number of likely N-dealkylation sites (tertiary alicyclic amines) is 1. The predicted octanol–water partition coefficient (Wildman–Crippen LogP) is 3.14. The number of amides is 1. The van der Waals surface area contributed by atoms with Crippen LogP contribution in [0.25, 0.3) is 10.8 Å². The van der Waals surface area contributed by atoms with E-state index in [0.717, 1.165) is 35.0 Å². The van der Waals surface area contributed by atoms with Gasteiger partial charge in [0.25, 0.3) is 0 Å². The summed E-state index contributed by atoms with van der Waals surface area (Å²) < 4.78 is 0. The molecule has 1 aliphatic rings. The Balaban J connectivity index is 1.79. The first-order chi connectivity index (χ1) is 15.4. The molecule has 1 aliphatic heterocycles. The van der Waals surface area contributed by atoms with Gasteiger partial charge >= 0.3 is 0 Å². The molecule has 0 aromatic carbocycles. The fourth-order valence-electron chi connectivity index (χ4n) is 4.03. The summed E-state index contributed by atoms with van der Waals surface area (Å²) in [6.45, 7) is 4.37. The Labute approximate surface area is 187 Å². The number of anilines is 4. The summed E-state index contributed by atoms with van der Waals surface area (Å²) in [6.07, 6.45) is 8.59. The molecule has 0 radical (unpaired) electrons. The molecule has 3 aromatic heterocycles. The maximum Gasteiger partial charge on any atom is 0.246 e. The molecule has 4 rings (SSSR count). The molecule has 32 heavy (non-hydrogen) atoms. The van der Waals surface area contributed by atoms with E-state index < -0.39 is 0 Å². The van der Waals surface area contributed by atoms with Gasteiger partial charge in [-0.05, 0) is 31.1 Å². The van der Waals surface area contributed by atoms with Gasteiger partial charge in [-0.2, -0.15) is 4.98 Å². The van der Waals surface area contributed by atoms with E-state index in [9.17, 15) is 4.79 Å². The van der Waals surface area contributed by atoms with E-state index in [1.807, 2.05) is 61.4 Å². The Morgan fingerprint density at radius 2 is 1.94 bits per heavy atom. The average Bonchev–Trinajstić information content (AvgIpc) is 3.27. The molecule has 0 bridgehead atoms. The van der Waals surface area contributed by atoms with Gasteiger partial charge in [-0.15, -0.1) is 0 Å². The molecular formula is C23H28N8O. The molecule has 0 aliphatic carbocycles. The zero-order chi connectivity index (χ0) is 22.8. The number of carbonyl (C=O) groups is 1. The SMILES string of the molecule is C=CC(=O)N1CCCC1c1ncc(N(C)C)c2cnc(Nc3ccnc(N(C)C)n3)cc12. The van der Waals surface area contributed by atoms with E-state index in [-0.39, 0.29) is 11.9 Å². The summed E-state index contributed by atoms with van der Waals surface area (Å²) in [6, 6.07) is 3.70. The molecule has 0 saturated carbocycles. The van der Waals surface area contributed by atoms with Crippen LogP contribution in [0.2, 0.25) is 0 Å². The fourth-order valence-corrected chi connectivity index (χ4v) is 4.03. The summed E-state index contributed by atoms with van der Waals surface area (Å²) in [7, 11) is 7.75. The Morgan fingerprint density at radius 1 is 1.12 bits per heavy atom. The molecule has 1 saturated heterocycles. The Kier molecular flexibility index (Phi) is 5.89. The van der Waals surface area contributed by atoms with Crippen molar-refractivity contribution in [3.63, 3.8) is 0 Å². The number of hydrogen-bond donors (Lipinski definition) is 1. The molecule has 166 valence electrons. The summed E-state index contributed by atoms with van der Waals surface area (Å²) in [5.41, 5.74) is 1.85. The van der Waals surface area contributed by atoms with E-state index in [4.69, 9.17) is 4.98 Å². The minimum absolute atomic E-state index is 0.0660. The summed E-state index contributed by atoms with van der Waals surface area (Å²) in [5, 5.41) is 5.22. The van der Waals surface area contributed by atoms with Gasteiger partial charge in [0, 0.05) is 57.9 Å². The van der Waals surface area contributed by atoms with E-state index in [1.54, 1.807) is 12.3 Å². The standard InChI is InChI=1S/C23H28N8O/c1-6-21(32)31-11-7-8-17(31)22-15-12-20(25-13-16(15)18(14-26-22)29(2)3)27-19-9-10-24-23(28-19)30(4)5/h6,9-10,12-14,17H,1,7-8,11H2,2-5H3,(H,24,25,27,28). The van der Waals surface area contributed by atoms with Gasteiger partial charge in [0.05, 0.1) is 23.6 Å². The third kappa shape index (κ3) is 4.05.